The summed E-state index contributed by atoms with van der Waals surface area (Å²) in [4.78, 5) is 36.4. The minimum absolute atomic E-state index is 0.00339. The Hall–Kier alpha value is -3.22. The van der Waals surface area contributed by atoms with E-state index in [0.717, 1.165) is 0 Å². The lowest BCUT2D eigenvalue weighted by atomic mass is 10.0. The third kappa shape index (κ3) is 5.91. The van der Waals surface area contributed by atoms with Gasteiger partial charge in [0, 0.05) is 5.56 Å². The fraction of sp³-hybridized carbons (Fsp3) is 0.250. The number of para-hydroxylation sites is 1. The van der Waals surface area contributed by atoms with E-state index in [1.165, 1.54) is 18.2 Å². The molecule has 142 valence electrons. The zero-order chi connectivity index (χ0) is 19.8. The lowest BCUT2D eigenvalue weighted by Gasteiger charge is -2.20. The number of halogens is 1. The topological polar surface area (TPSA) is 84.5 Å². The lowest BCUT2D eigenvalue weighted by Crippen LogP contribution is -2.45. The molecule has 2 aromatic rings. The van der Waals surface area contributed by atoms with Crippen LogP contribution in [0, 0.1) is 11.7 Å². The second kappa shape index (κ2) is 9.47. The van der Waals surface area contributed by atoms with Crippen molar-refractivity contribution in [1.29, 1.82) is 0 Å². The number of ether oxygens (including phenoxy) is 1. The van der Waals surface area contributed by atoms with Crippen molar-refractivity contribution in [3.05, 3.63) is 66.0 Å². The molecule has 0 aliphatic rings. The first-order chi connectivity index (χ1) is 12.9. The standard InChI is InChI=1S/C20H21FN2O4/c1-13(2)18(23-19(25)14-8-4-3-5-9-14)20(26)27-12-17(24)22-16-11-7-6-10-15(16)21/h3-11,13,18H,12H2,1-2H3,(H,22,24)(H,23,25)/t18-/m1/s1. The summed E-state index contributed by atoms with van der Waals surface area (Å²) < 4.78 is 18.5. The first-order valence-corrected chi connectivity index (χ1v) is 8.45. The Bertz CT molecular complexity index is 809. The second-order valence-corrected chi connectivity index (χ2v) is 6.20. The molecule has 2 aromatic carbocycles. The van der Waals surface area contributed by atoms with E-state index >= 15 is 0 Å². The van der Waals surface area contributed by atoms with Crippen molar-refractivity contribution >= 4 is 23.5 Å². The fourth-order valence-electron chi connectivity index (χ4n) is 2.29. The van der Waals surface area contributed by atoms with Gasteiger partial charge < -0.3 is 15.4 Å². The van der Waals surface area contributed by atoms with Crippen LogP contribution in [0.4, 0.5) is 10.1 Å². The minimum atomic E-state index is -0.918. The Morgan fingerprint density at radius 1 is 1.00 bits per heavy atom. The van der Waals surface area contributed by atoms with Crippen molar-refractivity contribution < 1.29 is 23.5 Å². The zero-order valence-electron chi connectivity index (χ0n) is 15.1. The molecular weight excluding hydrogens is 351 g/mol. The van der Waals surface area contributed by atoms with E-state index in [2.05, 4.69) is 10.6 Å². The van der Waals surface area contributed by atoms with E-state index in [0.29, 0.717) is 5.56 Å². The third-order valence-electron chi connectivity index (χ3n) is 3.74. The summed E-state index contributed by atoms with van der Waals surface area (Å²) in [5.74, 6) is -2.67. The molecule has 0 aliphatic carbocycles. The van der Waals surface area contributed by atoms with Gasteiger partial charge in [-0.25, -0.2) is 9.18 Å². The van der Waals surface area contributed by atoms with Crippen LogP contribution in [0.1, 0.15) is 24.2 Å². The summed E-state index contributed by atoms with van der Waals surface area (Å²) in [7, 11) is 0. The molecular formula is C20H21FN2O4. The minimum Gasteiger partial charge on any atom is -0.454 e. The Balaban J connectivity index is 1.92. The van der Waals surface area contributed by atoms with Gasteiger partial charge in [-0.2, -0.15) is 0 Å². The van der Waals surface area contributed by atoms with E-state index in [1.54, 1.807) is 50.2 Å². The van der Waals surface area contributed by atoms with Crippen molar-refractivity contribution in [1.82, 2.24) is 5.32 Å². The van der Waals surface area contributed by atoms with E-state index in [9.17, 15) is 18.8 Å². The molecule has 0 unspecified atom stereocenters. The normalized spacial score (nSPS) is 11.6. The van der Waals surface area contributed by atoms with Crippen LogP contribution in [-0.2, 0) is 14.3 Å². The van der Waals surface area contributed by atoms with Crippen LogP contribution in [0.2, 0.25) is 0 Å². The van der Waals surface area contributed by atoms with Gasteiger partial charge in [0.25, 0.3) is 11.8 Å². The van der Waals surface area contributed by atoms with E-state index < -0.39 is 36.2 Å². The molecule has 0 saturated heterocycles. The molecule has 0 bridgehead atoms. The van der Waals surface area contributed by atoms with E-state index in [4.69, 9.17) is 4.74 Å². The van der Waals surface area contributed by atoms with Gasteiger partial charge in [0.15, 0.2) is 6.61 Å². The van der Waals surface area contributed by atoms with Crippen LogP contribution in [0.5, 0.6) is 0 Å². The number of carbonyl (C=O) groups is 3. The number of esters is 1. The average molecular weight is 372 g/mol. The fourth-order valence-corrected chi connectivity index (χ4v) is 2.29. The number of amides is 2. The second-order valence-electron chi connectivity index (χ2n) is 6.20. The van der Waals surface area contributed by atoms with Crippen LogP contribution in [-0.4, -0.2) is 30.4 Å². The number of nitrogens with one attached hydrogen (secondary N) is 2. The maximum atomic E-state index is 13.5. The largest absolute Gasteiger partial charge is 0.454 e. The van der Waals surface area contributed by atoms with E-state index in [-0.39, 0.29) is 11.6 Å². The smallest absolute Gasteiger partial charge is 0.329 e. The molecule has 2 rings (SSSR count). The van der Waals surface area contributed by atoms with Crippen LogP contribution >= 0.6 is 0 Å². The Morgan fingerprint density at radius 2 is 1.63 bits per heavy atom. The summed E-state index contributed by atoms with van der Waals surface area (Å²) in [6.07, 6.45) is 0. The van der Waals surface area contributed by atoms with Crippen molar-refractivity contribution in [2.45, 2.75) is 19.9 Å². The highest BCUT2D eigenvalue weighted by Crippen LogP contribution is 2.12. The predicted molar refractivity (Wildman–Crippen MR) is 98.5 cm³/mol. The number of carbonyl (C=O) groups excluding carboxylic acids is 3. The number of hydrogen-bond donors (Lipinski definition) is 2. The van der Waals surface area contributed by atoms with Crippen molar-refractivity contribution in [2.24, 2.45) is 5.92 Å². The molecule has 7 heteroatoms. The van der Waals surface area contributed by atoms with Gasteiger partial charge in [-0.3, -0.25) is 9.59 Å². The monoisotopic (exact) mass is 372 g/mol. The molecule has 2 N–H and O–H groups in total. The number of anilines is 1. The van der Waals surface area contributed by atoms with Crippen LogP contribution < -0.4 is 10.6 Å². The van der Waals surface area contributed by atoms with Gasteiger partial charge in [0.2, 0.25) is 0 Å². The van der Waals surface area contributed by atoms with Crippen molar-refractivity contribution in [3.63, 3.8) is 0 Å². The van der Waals surface area contributed by atoms with Crippen LogP contribution in [0.25, 0.3) is 0 Å². The van der Waals surface area contributed by atoms with Gasteiger partial charge in [-0.15, -0.1) is 0 Å². The summed E-state index contributed by atoms with van der Waals surface area (Å²) in [6.45, 7) is 2.91. The molecule has 0 aromatic heterocycles. The maximum absolute atomic E-state index is 13.5. The molecule has 0 spiro atoms. The third-order valence-corrected chi connectivity index (χ3v) is 3.74. The molecule has 1 atom stereocenters. The first-order valence-electron chi connectivity index (χ1n) is 8.45. The Kier molecular flexibility index (Phi) is 7.05. The quantitative estimate of drug-likeness (QED) is 0.732. The van der Waals surface area contributed by atoms with Crippen molar-refractivity contribution in [3.8, 4) is 0 Å². The molecule has 0 heterocycles. The summed E-state index contributed by atoms with van der Waals surface area (Å²) >= 11 is 0. The van der Waals surface area contributed by atoms with Gasteiger partial charge in [-0.05, 0) is 30.2 Å². The molecule has 0 aliphatic heterocycles. The lowest BCUT2D eigenvalue weighted by molar-refractivity contribution is -0.150. The molecule has 2 amide bonds. The molecule has 0 fully saturated rings. The predicted octanol–water partition coefficient (Wildman–Crippen LogP) is 2.76. The molecule has 0 saturated carbocycles. The average Bonchev–Trinajstić information content (AvgIpc) is 2.66. The van der Waals surface area contributed by atoms with Gasteiger partial charge in [0.1, 0.15) is 11.9 Å². The van der Waals surface area contributed by atoms with Gasteiger partial charge in [0.05, 0.1) is 5.69 Å². The van der Waals surface area contributed by atoms with Crippen LogP contribution in [0.3, 0.4) is 0 Å². The summed E-state index contributed by atoms with van der Waals surface area (Å²) in [5.41, 5.74) is 0.407. The number of hydrogen-bond acceptors (Lipinski definition) is 4. The molecule has 27 heavy (non-hydrogen) atoms. The molecule has 6 nitrogen and oxygen atoms in total. The van der Waals surface area contributed by atoms with Gasteiger partial charge >= 0.3 is 5.97 Å². The Morgan fingerprint density at radius 3 is 2.26 bits per heavy atom. The first kappa shape index (κ1) is 20.1. The summed E-state index contributed by atoms with van der Waals surface area (Å²) in [6, 6.07) is 13.2. The molecule has 0 radical (unpaired) electrons. The maximum Gasteiger partial charge on any atom is 0.329 e. The summed E-state index contributed by atoms with van der Waals surface area (Å²) in [5, 5.41) is 4.93. The van der Waals surface area contributed by atoms with Gasteiger partial charge in [-0.1, -0.05) is 44.2 Å². The Labute approximate surface area is 156 Å². The zero-order valence-corrected chi connectivity index (χ0v) is 15.1. The van der Waals surface area contributed by atoms with Crippen LogP contribution in [0.15, 0.2) is 54.6 Å². The number of benzene rings is 2. The highest BCUT2D eigenvalue weighted by molar-refractivity contribution is 5.97. The van der Waals surface area contributed by atoms with Crippen molar-refractivity contribution in [2.75, 3.05) is 11.9 Å². The SMILES string of the molecule is CC(C)[C@@H](NC(=O)c1ccccc1)C(=O)OCC(=O)Nc1ccccc1F. The highest BCUT2D eigenvalue weighted by Gasteiger charge is 2.26. The highest BCUT2D eigenvalue weighted by atomic mass is 19.1. The van der Waals surface area contributed by atoms with E-state index in [1.807, 2.05) is 0 Å². The number of rotatable bonds is 7.